The van der Waals surface area contributed by atoms with E-state index in [0.29, 0.717) is 49.7 Å². The van der Waals surface area contributed by atoms with E-state index in [9.17, 15) is 24.0 Å². The van der Waals surface area contributed by atoms with Crippen LogP contribution in [0.5, 0.6) is 0 Å². The van der Waals surface area contributed by atoms with Crippen molar-refractivity contribution < 1.29 is 19.1 Å². The molecule has 2 aliphatic heterocycles. The van der Waals surface area contributed by atoms with E-state index in [1.807, 2.05) is 17.9 Å². The molecule has 9 nitrogen and oxygen atoms in total. The van der Waals surface area contributed by atoms with Crippen LogP contribution >= 0.6 is 24.0 Å². The molecule has 2 saturated heterocycles. The second kappa shape index (κ2) is 10.7. The Morgan fingerprint density at radius 2 is 1.81 bits per heavy atom. The number of aromatic nitrogens is 1. The van der Waals surface area contributed by atoms with E-state index >= 15 is 0 Å². The molecular formula is C25H24FN5O4S2. The third-order valence-electron chi connectivity index (χ3n) is 6.38. The van der Waals surface area contributed by atoms with Gasteiger partial charge in [-0.05, 0) is 49.8 Å². The van der Waals surface area contributed by atoms with E-state index in [0.717, 1.165) is 22.3 Å². The maximum atomic E-state index is 13.4. The van der Waals surface area contributed by atoms with Crippen LogP contribution in [0.15, 0.2) is 34.0 Å². The van der Waals surface area contributed by atoms with Crippen molar-refractivity contribution in [1.29, 1.82) is 5.26 Å². The van der Waals surface area contributed by atoms with Crippen molar-refractivity contribution in [1.82, 2.24) is 9.47 Å². The largest absolute Gasteiger partial charge is 0.480 e. The number of carboxylic acid groups (broad SMARTS) is 1. The second-order valence-electron chi connectivity index (χ2n) is 8.51. The Labute approximate surface area is 222 Å². The summed E-state index contributed by atoms with van der Waals surface area (Å²) in [5.74, 6) is -1.43. The molecule has 2 aromatic rings. The van der Waals surface area contributed by atoms with Crippen LogP contribution in [0, 0.1) is 24.1 Å². The standard InChI is InChI=1S/C25H24FN5O4S2/c1-3-30-22(29-10-8-28(9-11-29)17-6-4-16(26)5-7-17)18(15(2)19(13-27)23(30)34)12-20-24(35)31(14-21(32)33)25(36)37-20/h4-7,12H,3,8-11,14H2,1-2H3,(H,32,33)/b20-12+. The highest BCUT2D eigenvalue weighted by Crippen LogP contribution is 2.36. The van der Waals surface area contributed by atoms with Gasteiger partial charge in [-0.25, -0.2) is 4.39 Å². The number of piperazine rings is 1. The van der Waals surface area contributed by atoms with Crippen LogP contribution in [0.2, 0.25) is 0 Å². The highest BCUT2D eigenvalue weighted by Gasteiger charge is 2.34. The fourth-order valence-corrected chi connectivity index (χ4v) is 5.75. The molecule has 1 amide bonds. The van der Waals surface area contributed by atoms with Crippen molar-refractivity contribution in [3.63, 3.8) is 0 Å². The maximum Gasteiger partial charge on any atom is 0.323 e. The molecule has 37 heavy (non-hydrogen) atoms. The average Bonchev–Trinajstić information content (AvgIpc) is 3.13. The molecule has 0 atom stereocenters. The second-order valence-corrected chi connectivity index (χ2v) is 10.2. The van der Waals surface area contributed by atoms with Crippen molar-refractivity contribution in [2.75, 3.05) is 42.5 Å². The summed E-state index contributed by atoms with van der Waals surface area (Å²) in [6, 6.07) is 8.28. The number of rotatable bonds is 6. The number of halogens is 1. The number of thioether (sulfide) groups is 1. The number of carboxylic acids is 1. The summed E-state index contributed by atoms with van der Waals surface area (Å²) < 4.78 is 15.0. The number of aliphatic carboxylic acids is 1. The summed E-state index contributed by atoms with van der Waals surface area (Å²) in [4.78, 5) is 42.8. The van der Waals surface area contributed by atoms with Gasteiger partial charge in [0, 0.05) is 44.0 Å². The number of nitriles is 1. The maximum absolute atomic E-state index is 13.4. The summed E-state index contributed by atoms with van der Waals surface area (Å²) in [7, 11) is 0. The van der Waals surface area contributed by atoms with Gasteiger partial charge in [-0.3, -0.25) is 23.9 Å². The van der Waals surface area contributed by atoms with Crippen LogP contribution in [-0.2, 0) is 16.1 Å². The van der Waals surface area contributed by atoms with Gasteiger partial charge in [0.25, 0.3) is 11.5 Å². The smallest absolute Gasteiger partial charge is 0.323 e. The molecule has 1 N–H and O–H groups in total. The number of anilines is 2. The quantitative estimate of drug-likeness (QED) is 0.436. The zero-order valence-electron chi connectivity index (χ0n) is 20.2. The van der Waals surface area contributed by atoms with E-state index in [2.05, 4.69) is 4.90 Å². The third-order valence-corrected chi connectivity index (χ3v) is 7.75. The summed E-state index contributed by atoms with van der Waals surface area (Å²) in [5.41, 5.74) is 1.46. The number of thiocarbonyl (C=S) groups is 1. The Morgan fingerprint density at radius 1 is 1.19 bits per heavy atom. The number of nitrogens with zero attached hydrogens (tertiary/aromatic N) is 5. The minimum atomic E-state index is -1.18. The molecule has 0 unspecified atom stereocenters. The minimum Gasteiger partial charge on any atom is -0.480 e. The molecule has 3 heterocycles. The highest BCUT2D eigenvalue weighted by atomic mass is 32.2. The first-order chi connectivity index (χ1) is 17.7. The molecule has 1 aromatic carbocycles. The van der Waals surface area contributed by atoms with Gasteiger partial charge in [0.05, 0.1) is 4.91 Å². The van der Waals surface area contributed by atoms with Crippen molar-refractivity contribution in [2.24, 2.45) is 0 Å². The lowest BCUT2D eigenvalue weighted by atomic mass is 10.0. The third kappa shape index (κ3) is 5.10. The van der Waals surface area contributed by atoms with Gasteiger partial charge in [0.1, 0.15) is 34.1 Å². The van der Waals surface area contributed by atoms with Gasteiger partial charge in [0.2, 0.25) is 0 Å². The predicted molar refractivity (Wildman–Crippen MR) is 144 cm³/mol. The first kappa shape index (κ1) is 26.4. The van der Waals surface area contributed by atoms with E-state index in [1.165, 1.54) is 16.7 Å². The number of hydrogen-bond acceptors (Lipinski definition) is 8. The molecular weight excluding hydrogens is 517 g/mol. The molecule has 12 heteroatoms. The van der Waals surface area contributed by atoms with Crippen LogP contribution in [0.1, 0.15) is 23.6 Å². The lowest BCUT2D eigenvalue weighted by molar-refractivity contribution is -0.140. The van der Waals surface area contributed by atoms with Crippen LogP contribution in [0.4, 0.5) is 15.9 Å². The Bertz CT molecular complexity index is 1410. The monoisotopic (exact) mass is 541 g/mol. The first-order valence-electron chi connectivity index (χ1n) is 11.6. The number of carbonyl (C=O) groups is 2. The van der Waals surface area contributed by atoms with Crippen LogP contribution in [0.3, 0.4) is 0 Å². The van der Waals surface area contributed by atoms with Gasteiger partial charge in [-0.2, -0.15) is 5.26 Å². The zero-order chi connectivity index (χ0) is 26.9. The van der Waals surface area contributed by atoms with E-state index in [1.54, 1.807) is 25.1 Å². The van der Waals surface area contributed by atoms with Gasteiger partial charge in [-0.15, -0.1) is 0 Å². The molecule has 192 valence electrons. The molecule has 0 spiro atoms. The number of hydrogen-bond donors (Lipinski definition) is 1. The lowest BCUT2D eigenvalue weighted by Crippen LogP contribution is -2.48. The minimum absolute atomic E-state index is 0.0113. The Morgan fingerprint density at radius 3 is 2.38 bits per heavy atom. The van der Waals surface area contributed by atoms with E-state index in [-0.39, 0.29) is 20.6 Å². The molecule has 0 bridgehead atoms. The molecule has 4 rings (SSSR count). The predicted octanol–water partition coefficient (Wildman–Crippen LogP) is 2.80. The molecule has 2 fully saturated rings. The van der Waals surface area contributed by atoms with Crippen molar-refractivity contribution in [2.45, 2.75) is 20.4 Å². The normalized spacial score (nSPS) is 17.0. The SMILES string of the molecule is CCn1c(N2CCN(c3ccc(F)cc3)CC2)c(/C=C2/SC(=S)N(CC(=O)O)C2=O)c(C)c(C#N)c1=O. The fourth-order valence-electron chi connectivity index (χ4n) is 4.51. The van der Waals surface area contributed by atoms with Gasteiger partial charge < -0.3 is 14.9 Å². The Kier molecular flexibility index (Phi) is 7.65. The van der Waals surface area contributed by atoms with Crippen LogP contribution in [-0.4, -0.2) is 63.5 Å². The van der Waals surface area contributed by atoms with E-state index < -0.39 is 24.0 Å². The summed E-state index contributed by atoms with van der Waals surface area (Å²) in [6.07, 6.45) is 1.60. The van der Waals surface area contributed by atoms with Crippen LogP contribution < -0.4 is 15.4 Å². The number of benzene rings is 1. The topological polar surface area (TPSA) is 110 Å². The van der Waals surface area contributed by atoms with Gasteiger partial charge in [-0.1, -0.05) is 24.0 Å². The molecule has 0 saturated carbocycles. The Hall–Kier alpha value is -3.69. The summed E-state index contributed by atoms with van der Waals surface area (Å²) in [6.45, 7) is 5.56. The van der Waals surface area contributed by atoms with Gasteiger partial charge >= 0.3 is 5.97 Å². The fraction of sp³-hybridized carbons (Fsp3) is 0.320. The molecule has 1 aromatic heterocycles. The number of pyridine rings is 1. The first-order valence-corrected chi connectivity index (χ1v) is 12.8. The number of carbonyl (C=O) groups excluding carboxylic acids is 1. The molecule has 2 aliphatic rings. The average molecular weight is 542 g/mol. The van der Waals surface area contributed by atoms with Gasteiger partial charge in [0.15, 0.2) is 0 Å². The summed E-state index contributed by atoms with van der Waals surface area (Å²) in [5, 5.41) is 18.9. The van der Waals surface area contributed by atoms with Crippen molar-refractivity contribution in [3.05, 3.63) is 62.0 Å². The Balaban J connectivity index is 1.76. The van der Waals surface area contributed by atoms with Crippen molar-refractivity contribution in [3.8, 4) is 6.07 Å². The van der Waals surface area contributed by atoms with Crippen molar-refractivity contribution >= 4 is 57.8 Å². The van der Waals surface area contributed by atoms with E-state index in [4.69, 9.17) is 17.3 Å². The zero-order valence-corrected chi connectivity index (χ0v) is 21.9. The lowest BCUT2D eigenvalue weighted by Gasteiger charge is -2.39. The molecule has 0 aliphatic carbocycles. The molecule has 0 radical (unpaired) electrons. The van der Waals surface area contributed by atoms with Crippen LogP contribution in [0.25, 0.3) is 6.08 Å². The number of amides is 1. The summed E-state index contributed by atoms with van der Waals surface area (Å²) >= 11 is 6.21. The highest BCUT2D eigenvalue weighted by molar-refractivity contribution is 8.26.